The van der Waals surface area contributed by atoms with Gasteiger partial charge in [0.15, 0.2) is 5.17 Å². The zero-order chi connectivity index (χ0) is 15.4. The minimum atomic E-state index is 0.799. The lowest BCUT2D eigenvalue weighted by Gasteiger charge is -2.32. The molecule has 1 aromatic rings. The van der Waals surface area contributed by atoms with Crippen molar-refractivity contribution >= 4 is 50.1 Å². The lowest BCUT2D eigenvalue weighted by molar-refractivity contribution is 0.0694. The zero-order valence-electron chi connectivity index (χ0n) is 12.8. The predicted octanol–water partition coefficient (Wildman–Crippen LogP) is 5.05. The van der Waals surface area contributed by atoms with Gasteiger partial charge in [-0.3, -0.25) is 0 Å². The zero-order valence-corrected chi connectivity index (χ0v) is 15.8. The fraction of sp³-hybridized carbons (Fsp3) is 0.471. The maximum Gasteiger partial charge on any atom is 0.169 e. The molecule has 0 aliphatic carbocycles. The first-order chi connectivity index (χ1) is 10.8. The van der Waals surface area contributed by atoms with Gasteiger partial charge >= 0.3 is 0 Å². The van der Waals surface area contributed by atoms with Gasteiger partial charge in [-0.15, -0.1) is 0 Å². The number of amidine groups is 1. The molecule has 0 radical (unpaired) electrons. The highest BCUT2D eigenvalue weighted by molar-refractivity contribution is 14.1. The molecule has 2 heterocycles. The first kappa shape index (κ1) is 16.3. The van der Waals surface area contributed by atoms with E-state index in [1.807, 2.05) is 11.8 Å². The molecule has 0 N–H and O–H groups in total. The number of halogens is 1. The van der Waals surface area contributed by atoms with Crippen molar-refractivity contribution in [3.05, 3.63) is 33.4 Å². The average molecular weight is 428 g/mol. The van der Waals surface area contributed by atoms with Gasteiger partial charge < -0.3 is 9.64 Å². The fourth-order valence-electron chi connectivity index (χ4n) is 2.57. The van der Waals surface area contributed by atoms with Crippen LogP contribution in [-0.2, 0) is 4.74 Å². The highest BCUT2D eigenvalue weighted by Gasteiger charge is 2.24. The molecule has 0 saturated carbocycles. The first-order valence-corrected chi connectivity index (χ1v) is 9.76. The number of hydrogen-bond donors (Lipinski definition) is 0. The van der Waals surface area contributed by atoms with Crippen molar-refractivity contribution in [1.29, 1.82) is 0 Å². The van der Waals surface area contributed by atoms with Crippen LogP contribution in [0, 0.1) is 0 Å². The number of aliphatic imine (C=N–C) groups is 1. The Labute approximate surface area is 150 Å². The molecule has 2 aliphatic rings. The molecule has 3 rings (SSSR count). The van der Waals surface area contributed by atoms with Gasteiger partial charge in [0.1, 0.15) is 0 Å². The number of rotatable bonds is 3. The van der Waals surface area contributed by atoms with Crippen LogP contribution >= 0.6 is 34.4 Å². The van der Waals surface area contributed by atoms with Crippen molar-refractivity contribution in [1.82, 2.24) is 4.90 Å². The smallest absolute Gasteiger partial charge is 0.169 e. The van der Waals surface area contributed by atoms with Crippen LogP contribution in [0.5, 0.6) is 0 Å². The number of hydrogen-bond acceptors (Lipinski definition) is 4. The number of morpholine rings is 1. The molecule has 0 unspecified atom stereocenters. The van der Waals surface area contributed by atoms with E-state index in [1.54, 1.807) is 0 Å². The van der Waals surface area contributed by atoms with Crippen molar-refractivity contribution in [3.63, 3.8) is 0 Å². The normalized spacial score (nSPS) is 20.5. The third kappa shape index (κ3) is 3.68. The van der Waals surface area contributed by atoms with Gasteiger partial charge in [-0.25, -0.2) is 4.99 Å². The quantitative estimate of drug-likeness (QED) is 0.631. The van der Waals surface area contributed by atoms with Crippen molar-refractivity contribution in [2.45, 2.75) is 26.2 Å². The molecule has 2 aliphatic heterocycles. The van der Waals surface area contributed by atoms with Crippen molar-refractivity contribution in [2.75, 3.05) is 26.3 Å². The van der Waals surface area contributed by atoms with Crippen LogP contribution in [-0.4, -0.2) is 36.4 Å². The van der Waals surface area contributed by atoms with Crippen molar-refractivity contribution in [3.8, 4) is 0 Å². The summed E-state index contributed by atoms with van der Waals surface area (Å²) in [6.45, 7) is 5.72. The van der Waals surface area contributed by atoms with Gasteiger partial charge in [-0.1, -0.05) is 43.3 Å². The van der Waals surface area contributed by atoms with Crippen LogP contribution in [0.3, 0.4) is 0 Å². The first-order valence-electron chi connectivity index (χ1n) is 7.87. The predicted molar refractivity (Wildman–Crippen MR) is 104 cm³/mol. The number of fused-ring (bicyclic) bond motifs is 1. The summed E-state index contributed by atoms with van der Waals surface area (Å²) in [6, 6.07) is 8.51. The molecule has 3 nitrogen and oxygen atoms in total. The Hall–Kier alpha value is -0.530. The van der Waals surface area contributed by atoms with Gasteiger partial charge in [-0.05, 0) is 41.5 Å². The van der Waals surface area contributed by atoms with E-state index in [9.17, 15) is 0 Å². The van der Waals surface area contributed by atoms with E-state index in [1.165, 1.54) is 26.9 Å². The van der Waals surface area contributed by atoms with E-state index in [2.05, 4.69) is 58.7 Å². The van der Waals surface area contributed by atoms with Crippen LogP contribution in [0.15, 0.2) is 32.8 Å². The third-order valence-corrected chi connectivity index (χ3v) is 6.48. The summed E-state index contributed by atoms with van der Waals surface area (Å²) in [5.74, 6) is 0. The van der Waals surface area contributed by atoms with Crippen LogP contribution in [0.4, 0.5) is 5.69 Å². The van der Waals surface area contributed by atoms with Crippen LogP contribution < -0.4 is 0 Å². The summed E-state index contributed by atoms with van der Waals surface area (Å²) in [5, 5.41) is 1.13. The number of benzene rings is 1. The highest BCUT2D eigenvalue weighted by Crippen LogP contribution is 2.45. The van der Waals surface area contributed by atoms with E-state index in [-0.39, 0.29) is 0 Å². The minimum Gasteiger partial charge on any atom is -0.378 e. The lowest BCUT2D eigenvalue weighted by atomic mass is 10.1. The van der Waals surface area contributed by atoms with Crippen LogP contribution in [0.2, 0.25) is 0 Å². The Morgan fingerprint density at radius 2 is 2.09 bits per heavy atom. The lowest BCUT2D eigenvalue weighted by Crippen LogP contribution is -2.39. The molecule has 5 heteroatoms. The van der Waals surface area contributed by atoms with Gasteiger partial charge in [0.25, 0.3) is 0 Å². The Morgan fingerprint density at radius 1 is 1.32 bits per heavy atom. The molecule has 0 spiro atoms. The Kier molecular flexibility index (Phi) is 5.82. The maximum absolute atomic E-state index is 5.47. The summed E-state index contributed by atoms with van der Waals surface area (Å²) in [4.78, 5) is 8.64. The van der Waals surface area contributed by atoms with E-state index < -0.39 is 0 Å². The second-order valence-corrected chi connectivity index (χ2v) is 7.73. The molecule has 0 bridgehead atoms. The summed E-state index contributed by atoms with van der Waals surface area (Å²) in [5.41, 5.74) is 2.38. The second-order valence-electron chi connectivity index (χ2n) is 5.45. The van der Waals surface area contributed by atoms with Crippen LogP contribution in [0.1, 0.15) is 31.7 Å². The van der Waals surface area contributed by atoms with Crippen LogP contribution in [0.25, 0.3) is 4.91 Å². The van der Waals surface area contributed by atoms with Gasteiger partial charge in [0.05, 0.1) is 18.9 Å². The molecule has 0 amide bonds. The molecular formula is C17H21IN2OS. The number of thioether (sulfide) groups is 1. The summed E-state index contributed by atoms with van der Waals surface area (Å²) >= 11 is 4.35. The molecule has 1 aromatic carbocycles. The highest BCUT2D eigenvalue weighted by atomic mass is 127. The summed E-state index contributed by atoms with van der Waals surface area (Å²) < 4.78 is 6.92. The summed E-state index contributed by atoms with van der Waals surface area (Å²) in [6.07, 6.45) is 3.63. The Balaban J connectivity index is 1.94. The largest absolute Gasteiger partial charge is 0.378 e. The van der Waals surface area contributed by atoms with Crippen molar-refractivity contribution < 1.29 is 4.74 Å². The molecule has 0 atom stereocenters. The molecular weight excluding hydrogens is 407 g/mol. The van der Waals surface area contributed by atoms with Gasteiger partial charge in [0, 0.05) is 27.1 Å². The number of allylic oxidation sites excluding steroid dienone is 1. The number of ether oxygens (including phenoxy) is 1. The second kappa shape index (κ2) is 7.84. The van der Waals surface area contributed by atoms with Crippen molar-refractivity contribution in [2.24, 2.45) is 4.99 Å². The maximum atomic E-state index is 5.47. The van der Waals surface area contributed by atoms with E-state index >= 15 is 0 Å². The van der Waals surface area contributed by atoms with E-state index in [0.717, 1.165) is 43.6 Å². The van der Waals surface area contributed by atoms with E-state index in [0.29, 0.717) is 0 Å². The molecule has 22 heavy (non-hydrogen) atoms. The minimum absolute atomic E-state index is 0.799. The standard InChI is InChI=1S/C17H21IN2OS/c1-2-3-7-14(18)16-13-6-4-5-8-15(13)19-17(22-16)20-9-11-21-12-10-20/h4-6,8H,2-3,7,9-12H2,1H3/b16-14-. The van der Waals surface area contributed by atoms with Gasteiger partial charge in [-0.2, -0.15) is 0 Å². The number of nitrogens with zero attached hydrogens (tertiary/aromatic N) is 2. The molecule has 1 saturated heterocycles. The van der Waals surface area contributed by atoms with Gasteiger partial charge in [0.2, 0.25) is 0 Å². The fourth-order valence-corrected chi connectivity index (χ4v) is 4.71. The molecule has 118 valence electrons. The molecule has 0 aromatic heterocycles. The third-order valence-electron chi connectivity index (χ3n) is 3.84. The topological polar surface area (TPSA) is 24.8 Å². The SMILES string of the molecule is CCCC/C(I)=C1/SC(N2CCOCC2)=Nc2ccccc21. The molecule has 1 fully saturated rings. The summed E-state index contributed by atoms with van der Waals surface area (Å²) in [7, 11) is 0. The monoisotopic (exact) mass is 428 g/mol. The Bertz CT molecular complexity index is 594. The number of unbranched alkanes of at least 4 members (excludes halogenated alkanes) is 1. The number of para-hydroxylation sites is 1. The Morgan fingerprint density at radius 3 is 2.86 bits per heavy atom. The van der Waals surface area contributed by atoms with E-state index in [4.69, 9.17) is 9.73 Å². The average Bonchev–Trinajstić information content (AvgIpc) is 2.59.